The number of hydrogen-bond acceptors (Lipinski definition) is 3. The van der Waals surface area contributed by atoms with E-state index in [4.69, 9.17) is 4.42 Å². The van der Waals surface area contributed by atoms with E-state index in [9.17, 15) is 0 Å². The first-order valence-electron chi connectivity index (χ1n) is 5.63. The standard InChI is InChI=1S/C12H15Br2N3O/c1-7-12(14)9(17(3)16-7)6-8(15-2)10-4-5-11(13)18-10/h4-5,8,15H,6H2,1-3H3. The van der Waals surface area contributed by atoms with Crippen LogP contribution < -0.4 is 5.32 Å². The summed E-state index contributed by atoms with van der Waals surface area (Å²) in [5.41, 5.74) is 2.15. The number of aromatic nitrogens is 2. The maximum absolute atomic E-state index is 5.60. The van der Waals surface area contributed by atoms with Crippen molar-refractivity contribution in [1.29, 1.82) is 0 Å². The predicted molar refractivity (Wildman–Crippen MR) is 77.6 cm³/mol. The fraction of sp³-hybridized carbons (Fsp3) is 0.417. The summed E-state index contributed by atoms with van der Waals surface area (Å²) in [5, 5.41) is 7.67. The molecule has 0 spiro atoms. The lowest BCUT2D eigenvalue weighted by Crippen LogP contribution is -2.19. The largest absolute Gasteiger partial charge is 0.453 e. The van der Waals surface area contributed by atoms with Gasteiger partial charge in [-0.2, -0.15) is 5.10 Å². The van der Waals surface area contributed by atoms with Crippen LogP contribution in [0.25, 0.3) is 0 Å². The highest BCUT2D eigenvalue weighted by Gasteiger charge is 2.19. The highest BCUT2D eigenvalue weighted by Crippen LogP contribution is 2.27. The molecule has 2 aromatic heterocycles. The molecule has 0 bridgehead atoms. The zero-order chi connectivity index (χ0) is 13.3. The molecule has 0 saturated carbocycles. The van der Waals surface area contributed by atoms with E-state index >= 15 is 0 Å². The molecule has 98 valence electrons. The van der Waals surface area contributed by atoms with Gasteiger partial charge in [0.25, 0.3) is 0 Å². The summed E-state index contributed by atoms with van der Waals surface area (Å²) in [6.45, 7) is 1.99. The van der Waals surface area contributed by atoms with Gasteiger partial charge in [0.15, 0.2) is 4.67 Å². The number of aryl methyl sites for hydroxylation is 2. The Labute approximate surface area is 123 Å². The molecular weight excluding hydrogens is 362 g/mol. The molecule has 0 saturated heterocycles. The lowest BCUT2D eigenvalue weighted by atomic mass is 10.1. The van der Waals surface area contributed by atoms with Gasteiger partial charge in [-0.25, -0.2) is 0 Å². The van der Waals surface area contributed by atoms with Gasteiger partial charge in [0.2, 0.25) is 0 Å². The first-order chi connectivity index (χ1) is 8.52. The lowest BCUT2D eigenvalue weighted by molar-refractivity contribution is 0.411. The molecule has 0 radical (unpaired) electrons. The summed E-state index contributed by atoms with van der Waals surface area (Å²) >= 11 is 6.91. The summed E-state index contributed by atoms with van der Waals surface area (Å²) in [5.74, 6) is 0.912. The van der Waals surface area contributed by atoms with E-state index in [2.05, 4.69) is 42.3 Å². The van der Waals surface area contributed by atoms with Crippen molar-refractivity contribution < 1.29 is 4.42 Å². The normalized spacial score (nSPS) is 12.9. The first-order valence-corrected chi connectivity index (χ1v) is 7.22. The van der Waals surface area contributed by atoms with Crippen LogP contribution in [0.5, 0.6) is 0 Å². The Morgan fingerprint density at radius 1 is 1.44 bits per heavy atom. The van der Waals surface area contributed by atoms with Crippen molar-refractivity contribution >= 4 is 31.9 Å². The van der Waals surface area contributed by atoms with Crippen LogP contribution in [0.1, 0.15) is 23.2 Å². The van der Waals surface area contributed by atoms with Crippen LogP contribution in [-0.2, 0) is 13.5 Å². The number of rotatable bonds is 4. The molecular formula is C12H15Br2N3O. The van der Waals surface area contributed by atoms with Crippen molar-refractivity contribution in [3.63, 3.8) is 0 Å². The van der Waals surface area contributed by atoms with Crippen LogP contribution in [0.15, 0.2) is 25.7 Å². The van der Waals surface area contributed by atoms with E-state index in [1.165, 1.54) is 0 Å². The zero-order valence-corrected chi connectivity index (χ0v) is 13.7. The summed E-state index contributed by atoms with van der Waals surface area (Å²) in [6, 6.07) is 4.01. The van der Waals surface area contributed by atoms with Gasteiger partial charge < -0.3 is 9.73 Å². The van der Waals surface area contributed by atoms with Crippen molar-refractivity contribution in [2.75, 3.05) is 7.05 Å². The predicted octanol–water partition coefficient (Wildman–Crippen LogP) is 3.35. The Morgan fingerprint density at radius 3 is 2.61 bits per heavy atom. The summed E-state index contributed by atoms with van der Waals surface area (Å²) in [6.07, 6.45) is 0.814. The molecule has 2 aromatic rings. The smallest absolute Gasteiger partial charge is 0.169 e. The summed E-state index contributed by atoms with van der Waals surface area (Å²) in [7, 11) is 3.89. The third kappa shape index (κ3) is 2.70. The fourth-order valence-corrected chi connectivity index (χ4v) is 2.77. The Balaban J connectivity index is 2.25. The van der Waals surface area contributed by atoms with Crippen LogP contribution in [0.2, 0.25) is 0 Å². The van der Waals surface area contributed by atoms with Crippen molar-refractivity contribution in [3.8, 4) is 0 Å². The van der Waals surface area contributed by atoms with Crippen molar-refractivity contribution in [2.24, 2.45) is 7.05 Å². The van der Waals surface area contributed by atoms with Crippen LogP contribution in [0, 0.1) is 6.92 Å². The molecule has 1 unspecified atom stereocenters. The monoisotopic (exact) mass is 375 g/mol. The van der Waals surface area contributed by atoms with Crippen molar-refractivity contribution in [1.82, 2.24) is 15.1 Å². The molecule has 2 heterocycles. The van der Waals surface area contributed by atoms with E-state index in [0.717, 1.165) is 32.7 Å². The first kappa shape index (κ1) is 13.8. The quantitative estimate of drug-likeness (QED) is 0.889. The molecule has 18 heavy (non-hydrogen) atoms. The Morgan fingerprint density at radius 2 is 2.17 bits per heavy atom. The molecule has 2 rings (SSSR count). The maximum atomic E-state index is 5.60. The van der Waals surface area contributed by atoms with Crippen molar-refractivity contribution in [2.45, 2.75) is 19.4 Å². The Hall–Kier alpha value is -0.590. The number of nitrogens with one attached hydrogen (secondary N) is 1. The van der Waals surface area contributed by atoms with E-state index in [-0.39, 0.29) is 6.04 Å². The molecule has 0 amide bonds. The van der Waals surface area contributed by atoms with Crippen LogP contribution >= 0.6 is 31.9 Å². The maximum Gasteiger partial charge on any atom is 0.169 e. The average Bonchev–Trinajstić information content (AvgIpc) is 2.84. The molecule has 1 N–H and O–H groups in total. The summed E-state index contributed by atoms with van der Waals surface area (Å²) < 4.78 is 9.32. The number of likely N-dealkylation sites (N-methyl/N-ethyl adjacent to an activating group) is 1. The molecule has 0 aromatic carbocycles. The second-order valence-electron chi connectivity index (χ2n) is 4.16. The van der Waals surface area contributed by atoms with Gasteiger partial charge in [-0.15, -0.1) is 0 Å². The molecule has 0 aliphatic heterocycles. The molecule has 0 aliphatic carbocycles. The molecule has 4 nitrogen and oxygen atoms in total. The second kappa shape index (κ2) is 5.59. The van der Waals surface area contributed by atoms with Gasteiger partial charge in [0.1, 0.15) is 5.76 Å². The van der Waals surface area contributed by atoms with Gasteiger partial charge in [0, 0.05) is 13.5 Å². The van der Waals surface area contributed by atoms with E-state index in [0.29, 0.717) is 0 Å². The van der Waals surface area contributed by atoms with Gasteiger partial charge in [-0.1, -0.05) is 0 Å². The third-order valence-electron chi connectivity index (χ3n) is 2.95. The number of halogens is 2. The minimum atomic E-state index is 0.127. The number of hydrogen-bond donors (Lipinski definition) is 1. The minimum absolute atomic E-state index is 0.127. The SMILES string of the molecule is CNC(Cc1c(Br)c(C)nn1C)c1ccc(Br)o1. The van der Waals surface area contributed by atoms with E-state index < -0.39 is 0 Å². The van der Waals surface area contributed by atoms with Crippen LogP contribution in [0.3, 0.4) is 0 Å². The number of furan rings is 1. The summed E-state index contributed by atoms with van der Waals surface area (Å²) in [4.78, 5) is 0. The highest BCUT2D eigenvalue weighted by atomic mass is 79.9. The van der Waals surface area contributed by atoms with E-state index in [1.54, 1.807) is 0 Å². The molecule has 0 fully saturated rings. The fourth-order valence-electron chi connectivity index (χ4n) is 1.96. The Kier molecular flexibility index (Phi) is 4.29. The topological polar surface area (TPSA) is 43.0 Å². The molecule has 1 atom stereocenters. The Bertz CT molecular complexity index is 548. The highest BCUT2D eigenvalue weighted by molar-refractivity contribution is 9.10. The zero-order valence-electron chi connectivity index (χ0n) is 10.5. The van der Waals surface area contributed by atoms with Crippen LogP contribution in [-0.4, -0.2) is 16.8 Å². The van der Waals surface area contributed by atoms with E-state index in [1.807, 2.05) is 37.8 Å². The van der Waals surface area contributed by atoms with Gasteiger partial charge >= 0.3 is 0 Å². The molecule has 0 aliphatic rings. The minimum Gasteiger partial charge on any atom is -0.453 e. The van der Waals surface area contributed by atoms with Crippen LogP contribution in [0.4, 0.5) is 0 Å². The molecule has 6 heteroatoms. The average molecular weight is 377 g/mol. The van der Waals surface area contributed by atoms with Gasteiger partial charge in [-0.3, -0.25) is 4.68 Å². The third-order valence-corrected chi connectivity index (χ3v) is 4.40. The van der Waals surface area contributed by atoms with Gasteiger partial charge in [0.05, 0.1) is 21.9 Å². The number of nitrogens with zero attached hydrogens (tertiary/aromatic N) is 2. The van der Waals surface area contributed by atoms with Gasteiger partial charge in [-0.05, 0) is 58.0 Å². The van der Waals surface area contributed by atoms with Crippen molar-refractivity contribution in [3.05, 3.63) is 38.4 Å². The lowest BCUT2D eigenvalue weighted by Gasteiger charge is -2.14. The second-order valence-corrected chi connectivity index (χ2v) is 5.73.